The number of benzene rings is 1. The predicted octanol–water partition coefficient (Wildman–Crippen LogP) is 4.08. The van der Waals surface area contributed by atoms with Crippen LogP contribution in [0.25, 0.3) is 10.9 Å². The quantitative estimate of drug-likeness (QED) is 0.673. The molecule has 0 bridgehead atoms. The van der Waals surface area contributed by atoms with Crippen molar-refractivity contribution in [3.63, 3.8) is 0 Å². The zero-order valence-electron chi connectivity index (χ0n) is 13.1. The van der Waals surface area contributed by atoms with Gasteiger partial charge in [0.2, 0.25) is 0 Å². The Balaban J connectivity index is 2.00. The van der Waals surface area contributed by atoms with E-state index in [9.17, 15) is 23.2 Å². The third-order valence-corrected chi connectivity index (χ3v) is 3.99. The lowest BCUT2D eigenvalue weighted by Gasteiger charge is -2.11. The summed E-state index contributed by atoms with van der Waals surface area (Å²) >= 11 is 0. The highest BCUT2D eigenvalue weighted by molar-refractivity contribution is 6.11. The molecule has 126 valence electrons. The van der Waals surface area contributed by atoms with Gasteiger partial charge in [-0.25, -0.2) is 0 Å². The van der Waals surface area contributed by atoms with Gasteiger partial charge < -0.3 is 4.57 Å². The summed E-state index contributed by atoms with van der Waals surface area (Å²) in [6.45, 7) is 0. The molecular formula is C18H12F3N3O. The Kier molecular flexibility index (Phi) is 4.05. The van der Waals surface area contributed by atoms with Gasteiger partial charge >= 0.3 is 6.18 Å². The van der Waals surface area contributed by atoms with Crippen molar-refractivity contribution in [3.05, 3.63) is 65.6 Å². The maximum Gasteiger partial charge on any atom is 0.417 e. The maximum atomic E-state index is 12.8. The van der Waals surface area contributed by atoms with Gasteiger partial charge in [0.1, 0.15) is 0 Å². The fraction of sp³-hybridized carbons (Fsp3) is 0.167. The molecule has 0 saturated carbocycles. The molecule has 0 saturated heterocycles. The summed E-state index contributed by atoms with van der Waals surface area (Å²) in [6, 6.07) is 10.6. The standard InChI is InChI=1S/C18H12F3N3O/c1-24-8-7-12-13(3-2-4-16(12)24)17(25)14(9-22)15-6-5-11(10-23-15)18(19,20)21/h2-8,10,14H,1H3/t14-/m1/s1. The van der Waals surface area contributed by atoms with Crippen molar-refractivity contribution in [2.24, 2.45) is 7.05 Å². The highest BCUT2D eigenvalue weighted by atomic mass is 19.4. The van der Waals surface area contributed by atoms with Crippen LogP contribution in [-0.4, -0.2) is 15.3 Å². The van der Waals surface area contributed by atoms with Crippen molar-refractivity contribution in [1.82, 2.24) is 9.55 Å². The molecule has 0 amide bonds. The van der Waals surface area contributed by atoms with Crippen molar-refractivity contribution >= 4 is 16.7 Å². The number of halogens is 3. The van der Waals surface area contributed by atoms with Crippen LogP contribution in [0.2, 0.25) is 0 Å². The number of fused-ring (bicyclic) bond motifs is 1. The van der Waals surface area contributed by atoms with Crippen LogP contribution in [-0.2, 0) is 13.2 Å². The lowest BCUT2D eigenvalue weighted by Crippen LogP contribution is -2.14. The predicted molar refractivity (Wildman–Crippen MR) is 84.8 cm³/mol. The van der Waals surface area contributed by atoms with Crippen molar-refractivity contribution in [3.8, 4) is 6.07 Å². The van der Waals surface area contributed by atoms with Gasteiger partial charge in [0.15, 0.2) is 11.7 Å². The zero-order chi connectivity index (χ0) is 18.2. The van der Waals surface area contributed by atoms with E-state index in [0.29, 0.717) is 17.1 Å². The smallest absolute Gasteiger partial charge is 0.351 e. The van der Waals surface area contributed by atoms with E-state index in [1.807, 2.05) is 23.8 Å². The molecule has 0 aliphatic carbocycles. The van der Waals surface area contributed by atoms with Crippen LogP contribution in [0.1, 0.15) is 27.5 Å². The van der Waals surface area contributed by atoms with E-state index in [-0.39, 0.29) is 5.69 Å². The summed E-state index contributed by atoms with van der Waals surface area (Å²) in [5.74, 6) is -1.76. The first-order valence-corrected chi connectivity index (χ1v) is 7.34. The molecule has 0 aliphatic rings. The fourth-order valence-electron chi connectivity index (χ4n) is 2.68. The highest BCUT2D eigenvalue weighted by Crippen LogP contribution is 2.30. The summed E-state index contributed by atoms with van der Waals surface area (Å²) in [5.41, 5.74) is 0.230. The van der Waals surface area contributed by atoms with E-state index in [4.69, 9.17) is 0 Å². The third kappa shape index (κ3) is 2.98. The second kappa shape index (κ2) is 6.06. The molecule has 25 heavy (non-hydrogen) atoms. The molecule has 0 aliphatic heterocycles. The molecular weight excluding hydrogens is 331 g/mol. The molecule has 0 radical (unpaired) electrons. The average Bonchev–Trinajstić information content (AvgIpc) is 2.96. The molecule has 0 unspecified atom stereocenters. The van der Waals surface area contributed by atoms with Crippen molar-refractivity contribution < 1.29 is 18.0 Å². The number of pyridine rings is 1. The molecule has 4 nitrogen and oxygen atoms in total. The molecule has 0 spiro atoms. The van der Waals surface area contributed by atoms with E-state index >= 15 is 0 Å². The number of nitriles is 1. The number of hydrogen-bond donors (Lipinski definition) is 0. The number of rotatable bonds is 3. The van der Waals surface area contributed by atoms with Crippen LogP contribution in [0, 0.1) is 11.3 Å². The minimum absolute atomic E-state index is 0.00608. The number of Topliss-reactive ketones (excluding diaryl/α,β-unsaturated/α-hetero) is 1. The Morgan fingerprint density at radius 3 is 2.60 bits per heavy atom. The molecule has 7 heteroatoms. The maximum absolute atomic E-state index is 12.8. The lowest BCUT2D eigenvalue weighted by atomic mass is 9.93. The lowest BCUT2D eigenvalue weighted by molar-refractivity contribution is -0.137. The van der Waals surface area contributed by atoms with Gasteiger partial charge in [-0.2, -0.15) is 18.4 Å². The number of alkyl halides is 3. The Bertz CT molecular complexity index is 981. The summed E-state index contributed by atoms with van der Waals surface area (Å²) < 4.78 is 39.7. The van der Waals surface area contributed by atoms with Crippen LogP contribution in [0.4, 0.5) is 13.2 Å². The van der Waals surface area contributed by atoms with Gasteiger partial charge in [-0.15, -0.1) is 0 Å². The number of aromatic nitrogens is 2. The van der Waals surface area contributed by atoms with E-state index in [2.05, 4.69) is 4.98 Å². The molecule has 1 atom stereocenters. The van der Waals surface area contributed by atoms with Gasteiger partial charge in [0.05, 0.1) is 17.3 Å². The normalized spacial score (nSPS) is 12.8. The second-order valence-corrected chi connectivity index (χ2v) is 5.56. The van der Waals surface area contributed by atoms with Crippen molar-refractivity contribution in [2.75, 3.05) is 0 Å². The molecule has 2 heterocycles. The second-order valence-electron chi connectivity index (χ2n) is 5.56. The Labute approximate surface area is 141 Å². The molecule has 3 rings (SSSR count). The number of carbonyl (C=O) groups is 1. The van der Waals surface area contributed by atoms with E-state index in [0.717, 1.165) is 17.6 Å². The Morgan fingerprint density at radius 1 is 1.24 bits per heavy atom. The van der Waals surface area contributed by atoms with Gasteiger partial charge in [0.25, 0.3) is 0 Å². The van der Waals surface area contributed by atoms with Crippen molar-refractivity contribution in [1.29, 1.82) is 5.26 Å². The number of nitrogens with zero attached hydrogens (tertiary/aromatic N) is 3. The SMILES string of the molecule is Cn1ccc2c(C(=O)[C@H](C#N)c3ccc(C(F)(F)F)cn3)cccc21. The minimum atomic E-state index is -4.52. The van der Waals surface area contributed by atoms with Crippen LogP contribution >= 0.6 is 0 Å². The van der Waals surface area contributed by atoms with Gasteiger partial charge in [-0.3, -0.25) is 9.78 Å². The monoisotopic (exact) mass is 343 g/mol. The largest absolute Gasteiger partial charge is 0.417 e. The topological polar surface area (TPSA) is 58.7 Å². The van der Waals surface area contributed by atoms with Crippen LogP contribution in [0.3, 0.4) is 0 Å². The van der Waals surface area contributed by atoms with Crippen LogP contribution in [0.5, 0.6) is 0 Å². The molecule has 0 N–H and O–H groups in total. The van der Waals surface area contributed by atoms with Crippen LogP contribution in [0.15, 0.2) is 48.8 Å². The number of ketones is 1. The fourth-order valence-corrected chi connectivity index (χ4v) is 2.68. The zero-order valence-corrected chi connectivity index (χ0v) is 13.1. The first-order chi connectivity index (χ1) is 11.8. The number of hydrogen-bond acceptors (Lipinski definition) is 3. The summed E-state index contributed by atoms with van der Waals surface area (Å²) in [7, 11) is 1.83. The number of aryl methyl sites for hydroxylation is 1. The molecule has 0 fully saturated rings. The van der Waals surface area contributed by atoms with Gasteiger partial charge in [-0.1, -0.05) is 12.1 Å². The summed E-state index contributed by atoms with van der Waals surface area (Å²) in [4.78, 5) is 16.5. The number of carbonyl (C=O) groups excluding carboxylic acids is 1. The van der Waals surface area contributed by atoms with Gasteiger partial charge in [0, 0.05) is 35.9 Å². The minimum Gasteiger partial charge on any atom is -0.351 e. The highest BCUT2D eigenvalue weighted by Gasteiger charge is 2.32. The van der Waals surface area contributed by atoms with E-state index in [1.54, 1.807) is 24.4 Å². The third-order valence-electron chi connectivity index (χ3n) is 3.99. The molecule has 2 aromatic heterocycles. The van der Waals surface area contributed by atoms with Crippen molar-refractivity contribution in [2.45, 2.75) is 12.1 Å². The van der Waals surface area contributed by atoms with Crippen LogP contribution < -0.4 is 0 Å². The molecule has 3 aromatic rings. The average molecular weight is 343 g/mol. The summed E-state index contributed by atoms with van der Waals surface area (Å²) in [5, 5.41) is 10.1. The molecule has 1 aromatic carbocycles. The Morgan fingerprint density at radius 2 is 2.00 bits per heavy atom. The Hall–Kier alpha value is -3.14. The van der Waals surface area contributed by atoms with Gasteiger partial charge in [-0.05, 0) is 24.3 Å². The summed E-state index contributed by atoms with van der Waals surface area (Å²) in [6.07, 6.45) is -2.09. The van der Waals surface area contributed by atoms with E-state index < -0.39 is 23.4 Å². The first-order valence-electron chi connectivity index (χ1n) is 7.34. The van der Waals surface area contributed by atoms with E-state index in [1.165, 1.54) is 0 Å². The first kappa shape index (κ1) is 16.7.